The summed E-state index contributed by atoms with van der Waals surface area (Å²) in [6, 6.07) is 1.24. The van der Waals surface area contributed by atoms with Gasteiger partial charge in [0.15, 0.2) is 0 Å². The Labute approximate surface area is 86.1 Å². The van der Waals surface area contributed by atoms with Gasteiger partial charge in [-0.05, 0) is 44.4 Å². The number of hydrogen-bond donors (Lipinski definition) is 2. The summed E-state index contributed by atoms with van der Waals surface area (Å²) >= 11 is 0. The molecule has 2 unspecified atom stereocenters. The van der Waals surface area contributed by atoms with Crippen LogP contribution in [0.1, 0.15) is 51.4 Å². The Hall–Kier alpha value is -0.0800. The Balaban J connectivity index is 1.74. The number of piperidine rings is 2. The topological polar surface area (TPSA) is 32.3 Å². The van der Waals surface area contributed by atoms with E-state index in [0.717, 1.165) is 12.8 Å². The van der Waals surface area contributed by atoms with Gasteiger partial charge < -0.3 is 10.4 Å². The van der Waals surface area contributed by atoms with Crippen LogP contribution < -0.4 is 5.32 Å². The van der Waals surface area contributed by atoms with Gasteiger partial charge in [0.05, 0.1) is 5.60 Å². The first-order chi connectivity index (χ1) is 6.76. The van der Waals surface area contributed by atoms with Crippen LogP contribution in [-0.2, 0) is 0 Å². The summed E-state index contributed by atoms with van der Waals surface area (Å²) in [5, 5.41) is 14.3. The molecule has 0 aromatic heterocycles. The molecule has 2 N–H and O–H groups in total. The Morgan fingerprint density at radius 3 is 2.00 bits per heavy atom. The second-order valence-corrected chi connectivity index (χ2v) is 5.63. The monoisotopic (exact) mass is 195 g/mol. The van der Waals surface area contributed by atoms with Gasteiger partial charge in [-0.3, -0.25) is 0 Å². The van der Waals surface area contributed by atoms with Crippen LogP contribution in [0, 0.1) is 5.92 Å². The molecule has 1 aliphatic carbocycles. The average molecular weight is 195 g/mol. The smallest absolute Gasteiger partial charge is 0.0705 e. The van der Waals surface area contributed by atoms with Crippen molar-refractivity contribution in [2.24, 2.45) is 5.92 Å². The van der Waals surface area contributed by atoms with Crippen molar-refractivity contribution in [3.05, 3.63) is 0 Å². The standard InChI is InChI=1S/C12H21NO/c14-12(9-3-1-4-9)7-10-5-2-6-11(8-12)13-10/h9-11,13-14H,1-8H2. The number of hydrogen-bond acceptors (Lipinski definition) is 2. The van der Waals surface area contributed by atoms with E-state index >= 15 is 0 Å². The summed E-state index contributed by atoms with van der Waals surface area (Å²) in [4.78, 5) is 0. The molecule has 3 aliphatic rings. The first-order valence-corrected chi connectivity index (χ1v) is 6.25. The molecule has 2 saturated heterocycles. The normalized spacial score (nSPS) is 48.6. The molecule has 14 heavy (non-hydrogen) atoms. The zero-order valence-electron chi connectivity index (χ0n) is 8.84. The molecule has 2 heteroatoms. The summed E-state index contributed by atoms with van der Waals surface area (Å²) in [5.74, 6) is 0.632. The first kappa shape index (κ1) is 9.17. The minimum absolute atomic E-state index is 0.292. The number of fused-ring (bicyclic) bond motifs is 2. The lowest BCUT2D eigenvalue weighted by Gasteiger charge is -2.51. The fourth-order valence-electron chi connectivity index (χ4n) is 3.65. The van der Waals surface area contributed by atoms with E-state index in [9.17, 15) is 5.11 Å². The largest absolute Gasteiger partial charge is 0.389 e. The highest BCUT2D eigenvalue weighted by molar-refractivity contribution is 5.02. The van der Waals surface area contributed by atoms with E-state index in [-0.39, 0.29) is 5.60 Å². The van der Waals surface area contributed by atoms with Crippen LogP contribution in [0.3, 0.4) is 0 Å². The lowest BCUT2D eigenvalue weighted by atomic mass is 9.64. The van der Waals surface area contributed by atoms with Crippen LogP contribution in [0.25, 0.3) is 0 Å². The Morgan fingerprint density at radius 1 is 0.929 bits per heavy atom. The molecule has 3 rings (SSSR count). The van der Waals surface area contributed by atoms with Crippen LogP contribution in [0.15, 0.2) is 0 Å². The van der Waals surface area contributed by atoms with E-state index in [4.69, 9.17) is 0 Å². The van der Waals surface area contributed by atoms with Gasteiger partial charge in [-0.2, -0.15) is 0 Å². The quantitative estimate of drug-likeness (QED) is 0.669. The second kappa shape index (κ2) is 3.21. The molecule has 3 fully saturated rings. The third kappa shape index (κ3) is 1.40. The lowest BCUT2D eigenvalue weighted by Crippen LogP contribution is -2.59. The van der Waals surface area contributed by atoms with Crippen LogP contribution in [0.4, 0.5) is 0 Å². The van der Waals surface area contributed by atoms with Gasteiger partial charge >= 0.3 is 0 Å². The first-order valence-electron chi connectivity index (χ1n) is 6.25. The van der Waals surface area contributed by atoms with E-state index in [0.29, 0.717) is 18.0 Å². The number of rotatable bonds is 1. The highest BCUT2D eigenvalue weighted by Crippen LogP contribution is 2.45. The third-order valence-corrected chi connectivity index (χ3v) is 4.64. The molecule has 0 aromatic carbocycles. The molecule has 2 nitrogen and oxygen atoms in total. The third-order valence-electron chi connectivity index (χ3n) is 4.64. The van der Waals surface area contributed by atoms with E-state index < -0.39 is 0 Å². The van der Waals surface area contributed by atoms with Crippen LogP contribution >= 0.6 is 0 Å². The maximum Gasteiger partial charge on any atom is 0.0705 e. The fourth-order valence-corrected chi connectivity index (χ4v) is 3.65. The van der Waals surface area contributed by atoms with Gasteiger partial charge in [0.1, 0.15) is 0 Å². The predicted octanol–water partition coefficient (Wildman–Crippen LogP) is 1.82. The van der Waals surface area contributed by atoms with Crippen molar-refractivity contribution in [1.82, 2.24) is 5.32 Å². The summed E-state index contributed by atoms with van der Waals surface area (Å²) in [5.41, 5.74) is -0.292. The summed E-state index contributed by atoms with van der Waals surface area (Å²) in [6.45, 7) is 0. The zero-order valence-corrected chi connectivity index (χ0v) is 8.84. The predicted molar refractivity (Wildman–Crippen MR) is 56.1 cm³/mol. The maximum atomic E-state index is 10.7. The van der Waals surface area contributed by atoms with Crippen molar-refractivity contribution in [3.63, 3.8) is 0 Å². The van der Waals surface area contributed by atoms with Crippen molar-refractivity contribution < 1.29 is 5.11 Å². The molecule has 0 amide bonds. The summed E-state index contributed by atoms with van der Waals surface area (Å²) in [6.07, 6.45) is 9.87. The minimum Gasteiger partial charge on any atom is -0.389 e. The molecule has 1 saturated carbocycles. The van der Waals surface area contributed by atoms with E-state index in [2.05, 4.69) is 5.32 Å². The summed E-state index contributed by atoms with van der Waals surface area (Å²) < 4.78 is 0. The Kier molecular flexibility index (Phi) is 2.10. The zero-order chi connectivity index (χ0) is 9.60. The van der Waals surface area contributed by atoms with Crippen molar-refractivity contribution in [2.75, 3.05) is 0 Å². The molecule has 2 bridgehead atoms. The summed E-state index contributed by atoms with van der Waals surface area (Å²) in [7, 11) is 0. The van der Waals surface area contributed by atoms with Crippen molar-refractivity contribution in [2.45, 2.75) is 69.1 Å². The molecule has 0 spiro atoms. The van der Waals surface area contributed by atoms with Crippen molar-refractivity contribution in [1.29, 1.82) is 0 Å². The Bertz CT molecular complexity index is 212. The van der Waals surface area contributed by atoms with Crippen LogP contribution in [0.2, 0.25) is 0 Å². The molecular weight excluding hydrogens is 174 g/mol. The van der Waals surface area contributed by atoms with E-state index in [1.807, 2.05) is 0 Å². The lowest BCUT2D eigenvalue weighted by molar-refractivity contribution is -0.0989. The SMILES string of the molecule is OC1(C2CCC2)CC2CCCC(C1)N2. The van der Waals surface area contributed by atoms with Gasteiger partial charge in [-0.15, -0.1) is 0 Å². The van der Waals surface area contributed by atoms with Crippen molar-refractivity contribution in [3.8, 4) is 0 Å². The molecule has 0 aromatic rings. The molecule has 2 aliphatic heterocycles. The molecule has 0 radical (unpaired) electrons. The van der Waals surface area contributed by atoms with Gasteiger partial charge in [-0.25, -0.2) is 0 Å². The van der Waals surface area contributed by atoms with Gasteiger partial charge in [0, 0.05) is 12.1 Å². The number of nitrogens with one attached hydrogen (secondary N) is 1. The molecule has 80 valence electrons. The highest BCUT2D eigenvalue weighted by Gasteiger charge is 2.47. The highest BCUT2D eigenvalue weighted by atomic mass is 16.3. The van der Waals surface area contributed by atoms with E-state index in [1.165, 1.54) is 38.5 Å². The molecular formula is C12H21NO. The van der Waals surface area contributed by atoms with E-state index in [1.54, 1.807) is 0 Å². The average Bonchev–Trinajstić information content (AvgIpc) is 1.97. The van der Waals surface area contributed by atoms with Gasteiger partial charge in [-0.1, -0.05) is 12.8 Å². The van der Waals surface area contributed by atoms with Crippen LogP contribution in [0.5, 0.6) is 0 Å². The van der Waals surface area contributed by atoms with Gasteiger partial charge in [0.25, 0.3) is 0 Å². The molecule has 2 heterocycles. The van der Waals surface area contributed by atoms with Crippen LogP contribution in [-0.4, -0.2) is 22.8 Å². The Morgan fingerprint density at radius 2 is 1.50 bits per heavy atom. The fraction of sp³-hybridized carbons (Fsp3) is 1.00. The van der Waals surface area contributed by atoms with Crippen molar-refractivity contribution >= 4 is 0 Å². The number of aliphatic hydroxyl groups is 1. The molecule has 2 atom stereocenters. The van der Waals surface area contributed by atoms with Gasteiger partial charge in [0.2, 0.25) is 0 Å². The second-order valence-electron chi connectivity index (χ2n) is 5.63. The maximum absolute atomic E-state index is 10.7. The minimum atomic E-state index is -0.292.